The normalized spacial score (nSPS) is 20.3. The molecule has 128 valence electrons. The zero-order valence-electron chi connectivity index (χ0n) is 13.3. The van der Waals surface area contributed by atoms with E-state index < -0.39 is 24.2 Å². The minimum Gasteiger partial charge on any atom is -0.354 e. The number of amides is 3. The van der Waals surface area contributed by atoms with Crippen LogP contribution in [-0.2, 0) is 14.3 Å². The fraction of sp³-hybridized carbons (Fsp3) is 0.375. The van der Waals surface area contributed by atoms with Gasteiger partial charge in [-0.25, -0.2) is 9.18 Å². The van der Waals surface area contributed by atoms with E-state index in [4.69, 9.17) is 9.47 Å². The molecule has 0 aromatic heterocycles. The van der Waals surface area contributed by atoms with E-state index in [2.05, 4.69) is 10.6 Å². The fourth-order valence-electron chi connectivity index (χ4n) is 2.94. The van der Waals surface area contributed by atoms with Crippen molar-refractivity contribution in [2.24, 2.45) is 0 Å². The minimum atomic E-state index is -0.689. The molecule has 0 saturated carbocycles. The van der Waals surface area contributed by atoms with E-state index in [1.807, 2.05) is 0 Å². The second-order valence-electron chi connectivity index (χ2n) is 5.57. The van der Waals surface area contributed by atoms with Crippen LogP contribution in [0.3, 0.4) is 0 Å². The number of halogens is 1. The highest BCUT2D eigenvalue weighted by atomic mass is 19.1. The molecule has 1 aromatic rings. The Morgan fingerprint density at radius 3 is 2.75 bits per heavy atom. The number of hydrogen-bond acceptors (Lipinski definition) is 4. The second kappa shape index (κ2) is 6.58. The quantitative estimate of drug-likeness (QED) is 0.784. The number of carbonyl (C=O) groups is 2. The van der Waals surface area contributed by atoms with Crippen molar-refractivity contribution in [3.8, 4) is 0 Å². The SMILES string of the molecule is COC(CN1CC2=C(C1=O)[C@H](c1cccc(F)c1)NC(=O)N2)OC. The van der Waals surface area contributed by atoms with Gasteiger partial charge in [0.15, 0.2) is 6.29 Å². The summed E-state index contributed by atoms with van der Waals surface area (Å²) >= 11 is 0. The minimum absolute atomic E-state index is 0.227. The molecule has 0 saturated heterocycles. The lowest BCUT2D eigenvalue weighted by atomic mass is 9.96. The molecule has 0 aliphatic carbocycles. The van der Waals surface area contributed by atoms with Gasteiger partial charge in [-0.1, -0.05) is 12.1 Å². The Balaban J connectivity index is 1.89. The lowest BCUT2D eigenvalue weighted by Gasteiger charge is -2.25. The zero-order chi connectivity index (χ0) is 17.3. The van der Waals surface area contributed by atoms with Crippen LogP contribution in [0.5, 0.6) is 0 Å². The number of nitrogens with zero attached hydrogens (tertiary/aromatic N) is 1. The molecule has 3 amide bonds. The summed E-state index contributed by atoms with van der Waals surface area (Å²) in [6.45, 7) is 0.473. The Morgan fingerprint density at radius 2 is 2.08 bits per heavy atom. The van der Waals surface area contributed by atoms with Gasteiger partial charge >= 0.3 is 6.03 Å². The summed E-state index contributed by atoms with van der Waals surface area (Å²) in [6.07, 6.45) is -0.563. The average Bonchev–Trinajstić information content (AvgIpc) is 2.87. The third kappa shape index (κ3) is 2.98. The molecule has 7 nitrogen and oxygen atoms in total. The van der Waals surface area contributed by atoms with Crippen LogP contribution < -0.4 is 10.6 Å². The van der Waals surface area contributed by atoms with Crippen molar-refractivity contribution >= 4 is 11.9 Å². The highest BCUT2D eigenvalue weighted by Gasteiger charge is 2.41. The maximum absolute atomic E-state index is 13.5. The molecule has 2 heterocycles. The van der Waals surface area contributed by atoms with Crippen molar-refractivity contribution in [1.29, 1.82) is 0 Å². The first-order chi connectivity index (χ1) is 11.5. The molecule has 2 aliphatic heterocycles. The summed E-state index contributed by atoms with van der Waals surface area (Å²) < 4.78 is 23.8. The van der Waals surface area contributed by atoms with E-state index in [1.54, 1.807) is 12.1 Å². The van der Waals surface area contributed by atoms with Crippen molar-refractivity contribution in [2.45, 2.75) is 12.3 Å². The van der Waals surface area contributed by atoms with Crippen molar-refractivity contribution in [3.63, 3.8) is 0 Å². The molecule has 0 bridgehead atoms. The molecule has 1 aromatic carbocycles. The number of benzene rings is 1. The molecule has 8 heteroatoms. The maximum Gasteiger partial charge on any atom is 0.319 e. The molecular formula is C16H18FN3O4. The highest BCUT2D eigenvalue weighted by Crippen LogP contribution is 2.32. The predicted octanol–water partition coefficient (Wildman–Crippen LogP) is 0.895. The van der Waals surface area contributed by atoms with Crippen LogP contribution in [0.25, 0.3) is 0 Å². The number of carbonyl (C=O) groups excluding carboxylic acids is 2. The Labute approximate surface area is 138 Å². The molecule has 24 heavy (non-hydrogen) atoms. The summed E-state index contributed by atoms with van der Waals surface area (Å²) in [5.41, 5.74) is 1.44. The van der Waals surface area contributed by atoms with Gasteiger partial charge < -0.3 is 25.0 Å². The number of urea groups is 1. The summed E-state index contributed by atoms with van der Waals surface area (Å²) in [6, 6.07) is 4.73. The first kappa shape index (κ1) is 16.4. The number of methoxy groups -OCH3 is 2. The lowest BCUT2D eigenvalue weighted by molar-refractivity contribution is -0.140. The van der Waals surface area contributed by atoms with Crippen LogP contribution in [-0.4, -0.2) is 50.4 Å². The second-order valence-corrected chi connectivity index (χ2v) is 5.57. The third-order valence-electron chi connectivity index (χ3n) is 4.10. The van der Waals surface area contributed by atoms with Crippen molar-refractivity contribution in [3.05, 3.63) is 46.9 Å². The van der Waals surface area contributed by atoms with Crippen LogP contribution in [0.4, 0.5) is 9.18 Å². The molecule has 1 atom stereocenters. The Kier molecular flexibility index (Phi) is 4.50. The van der Waals surface area contributed by atoms with Crippen LogP contribution >= 0.6 is 0 Å². The fourth-order valence-corrected chi connectivity index (χ4v) is 2.94. The van der Waals surface area contributed by atoms with E-state index >= 15 is 0 Å². The Hall–Kier alpha value is -2.45. The number of rotatable bonds is 5. The molecule has 0 unspecified atom stereocenters. The van der Waals surface area contributed by atoms with Gasteiger partial charge in [0.1, 0.15) is 5.82 Å². The lowest BCUT2D eigenvalue weighted by Crippen LogP contribution is -2.44. The molecule has 0 spiro atoms. The smallest absolute Gasteiger partial charge is 0.319 e. The van der Waals surface area contributed by atoms with Crippen molar-refractivity contribution < 1.29 is 23.5 Å². The molecule has 0 fully saturated rings. The summed E-state index contributed by atoms with van der Waals surface area (Å²) in [5, 5.41) is 5.33. The molecular weight excluding hydrogens is 317 g/mol. The summed E-state index contributed by atoms with van der Waals surface area (Å²) in [5.74, 6) is -0.672. The van der Waals surface area contributed by atoms with Gasteiger partial charge in [0.25, 0.3) is 5.91 Å². The largest absolute Gasteiger partial charge is 0.354 e. The predicted molar refractivity (Wildman–Crippen MR) is 82.2 cm³/mol. The standard InChI is InChI=1S/C16H18FN3O4/c1-23-12(24-2)8-20-7-11-13(15(20)21)14(19-16(22)18-11)9-4-3-5-10(17)6-9/h3-6,12,14H,7-8H2,1-2H3,(H2,18,19,22)/t14-/m0/s1. The van der Waals surface area contributed by atoms with E-state index in [9.17, 15) is 14.0 Å². The Bertz CT molecular complexity index is 702. The van der Waals surface area contributed by atoms with Gasteiger partial charge in [0.2, 0.25) is 0 Å². The number of hydrogen-bond donors (Lipinski definition) is 2. The Morgan fingerprint density at radius 1 is 1.33 bits per heavy atom. The monoisotopic (exact) mass is 335 g/mol. The van der Waals surface area contributed by atoms with Crippen LogP contribution in [0.1, 0.15) is 11.6 Å². The molecule has 2 aliphatic rings. The van der Waals surface area contributed by atoms with Gasteiger partial charge in [-0.2, -0.15) is 0 Å². The van der Waals surface area contributed by atoms with E-state index in [0.717, 1.165) is 0 Å². The van der Waals surface area contributed by atoms with Gasteiger partial charge in [-0.05, 0) is 17.7 Å². The molecule has 3 rings (SSSR count). The van der Waals surface area contributed by atoms with Gasteiger partial charge in [0.05, 0.1) is 30.4 Å². The number of nitrogens with one attached hydrogen (secondary N) is 2. The summed E-state index contributed by atoms with van der Waals surface area (Å²) in [7, 11) is 2.97. The zero-order valence-corrected chi connectivity index (χ0v) is 13.3. The summed E-state index contributed by atoms with van der Waals surface area (Å²) in [4.78, 5) is 26.2. The van der Waals surface area contributed by atoms with Gasteiger partial charge in [-0.15, -0.1) is 0 Å². The third-order valence-corrected chi connectivity index (χ3v) is 4.10. The first-order valence-electron chi connectivity index (χ1n) is 7.44. The van der Waals surface area contributed by atoms with Crippen LogP contribution in [0.2, 0.25) is 0 Å². The first-order valence-corrected chi connectivity index (χ1v) is 7.44. The van der Waals surface area contributed by atoms with E-state index in [0.29, 0.717) is 16.8 Å². The van der Waals surface area contributed by atoms with Crippen molar-refractivity contribution in [2.75, 3.05) is 27.3 Å². The van der Waals surface area contributed by atoms with Crippen LogP contribution in [0.15, 0.2) is 35.5 Å². The van der Waals surface area contributed by atoms with E-state index in [1.165, 1.54) is 31.3 Å². The molecule has 0 radical (unpaired) electrons. The van der Waals surface area contributed by atoms with Crippen LogP contribution in [0, 0.1) is 5.82 Å². The average molecular weight is 335 g/mol. The topological polar surface area (TPSA) is 79.9 Å². The van der Waals surface area contributed by atoms with E-state index in [-0.39, 0.29) is 19.0 Å². The highest BCUT2D eigenvalue weighted by molar-refractivity contribution is 6.01. The molecule has 2 N–H and O–H groups in total. The van der Waals surface area contributed by atoms with Gasteiger partial charge in [0, 0.05) is 14.2 Å². The number of ether oxygens (including phenoxy) is 2. The van der Waals surface area contributed by atoms with Gasteiger partial charge in [-0.3, -0.25) is 4.79 Å². The van der Waals surface area contributed by atoms with Crippen molar-refractivity contribution in [1.82, 2.24) is 15.5 Å². The maximum atomic E-state index is 13.5.